The van der Waals surface area contributed by atoms with Crippen LogP contribution in [0.4, 0.5) is 11.5 Å². The average molecular weight is 312 g/mol. The molecule has 0 unspecified atom stereocenters. The molecule has 0 amide bonds. The van der Waals surface area contributed by atoms with Crippen LogP contribution in [0.1, 0.15) is 36.8 Å². The Morgan fingerprint density at radius 1 is 1.30 bits per heavy atom. The predicted octanol–water partition coefficient (Wildman–Crippen LogP) is 3.42. The molecule has 0 aliphatic heterocycles. The van der Waals surface area contributed by atoms with E-state index in [0.29, 0.717) is 12.6 Å². The van der Waals surface area contributed by atoms with Crippen LogP contribution in [-0.4, -0.2) is 20.9 Å². The number of hydrogen-bond acceptors (Lipinski definition) is 5. The van der Waals surface area contributed by atoms with Crippen molar-refractivity contribution in [2.75, 3.05) is 4.90 Å². The summed E-state index contributed by atoms with van der Waals surface area (Å²) in [5, 5.41) is 11.2. The molecule has 1 fully saturated rings. The lowest BCUT2D eigenvalue weighted by Gasteiger charge is -2.24. The van der Waals surface area contributed by atoms with Crippen LogP contribution in [-0.2, 0) is 13.0 Å². The number of hydrogen-bond donors (Lipinski definition) is 0. The van der Waals surface area contributed by atoms with E-state index in [1.54, 1.807) is 12.1 Å². The Hall–Kier alpha value is -2.50. The summed E-state index contributed by atoms with van der Waals surface area (Å²) in [5.74, 6) is 1.61. The maximum absolute atomic E-state index is 11.2. The number of nitro groups is 1. The summed E-state index contributed by atoms with van der Waals surface area (Å²) in [4.78, 5) is 22.1. The topological polar surface area (TPSA) is 72.2 Å². The SMILES string of the molecule is CCc1cc(N(Cc2ccccc2[N+](=O)[O-])C2CC2)nc(C)n1. The van der Waals surface area contributed by atoms with Crippen molar-refractivity contribution in [3.8, 4) is 0 Å². The lowest BCUT2D eigenvalue weighted by atomic mass is 10.1. The zero-order chi connectivity index (χ0) is 16.4. The summed E-state index contributed by atoms with van der Waals surface area (Å²) in [6, 6.07) is 9.34. The van der Waals surface area contributed by atoms with Crippen molar-refractivity contribution in [1.82, 2.24) is 9.97 Å². The van der Waals surface area contributed by atoms with Gasteiger partial charge in [-0.2, -0.15) is 0 Å². The van der Waals surface area contributed by atoms with Gasteiger partial charge < -0.3 is 4.90 Å². The van der Waals surface area contributed by atoms with Crippen LogP contribution in [0.15, 0.2) is 30.3 Å². The van der Waals surface area contributed by atoms with Gasteiger partial charge in [0, 0.05) is 29.4 Å². The van der Waals surface area contributed by atoms with Gasteiger partial charge in [0.1, 0.15) is 11.6 Å². The van der Waals surface area contributed by atoms with E-state index in [1.807, 2.05) is 25.1 Å². The number of aryl methyl sites for hydroxylation is 2. The van der Waals surface area contributed by atoms with Crippen LogP contribution < -0.4 is 4.90 Å². The average Bonchev–Trinajstić information content (AvgIpc) is 3.36. The van der Waals surface area contributed by atoms with E-state index < -0.39 is 0 Å². The Balaban J connectivity index is 1.95. The zero-order valence-corrected chi connectivity index (χ0v) is 13.4. The van der Waals surface area contributed by atoms with Crippen LogP contribution in [0.2, 0.25) is 0 Å². The van der Waals surface area contributed by atoms with E-state index in [0.717, 1.165) is 42.2 Å². The second-order valence-electron chi connectivity index (χ2n) is 5.86. The molecule has 1 aliphatic carbocycles. The fourth-order valence-corrected chi connectivity index (χ4v) is 2.73. The van der Waals surface area contributed by atoms with E-state index in [4.69, 9.17) is 0 Å². The first kappa shape index (κ1) is 15.4. The number of anilines is 1. The minimum Gasteiger partial charge on any atom is -0.349 e. The largest absolute Gasteiger partial charge is 0.349 e. The maximum Gasteiger partial charge on any atom is 0.274 e. The first-order valence-corrected chi connectivity index (χ1v) is 7.92. The van der Waals surface area contributed by atoms with Crippen molar-refractivity contribution in [1.29, 1.82) is 0 Å². The molecule has 3 rings (SSSR count). The number of aromatic nitrogens is 2. The molecule has 0 atom stereocenters. The molecular formula is C17H20N4O2. The van der Waals surface area contributed by atoms with Gasteiger partial charge in [0.25, 0.3) is 5.69 Å². The van der Waals surface area contributed by atoms with E-state index in [-0.39, 0.29) is 10.6 Å². The molecular weight excluding hydrogens is 292 g/mol. The molecule has 0 spiro atoms. The van der Waals surface area contributed by atoms with Gasteiger partial charge in [0.15, 0.2) is 0 Å². The van der Waals surface area contributed by atoms with Gasteiger partial charge in [-0.3, -0.25) is 10.1 Å². The summed E-state index contributed by atoms with van der Waals surface area (Å²) in [6.45, 7) is 4.45. The Kier molecular flexibility index (Phi) is 4.23. The lowest BCUT2D eigenvalue weighted by molar-refractivity contribution is -0.385. The van der Waals surface area contributed by atoms with Crippen molar-refractivity contribution >= 4 is 11.5 Å². The van der Waals surface area contributed by atoms with Crippen LogP contribution in [0, 0.1) is 17.0 Å². The molecule has 0 saturated heterocycles. The predicted molar refractivity (Wildman–Crippen MR) is 88.4 cm³/mol. The molecule has 1 aromatic heterocycles. The Labute approximate surface area is 135 Å². The quantitative estimate of drug-likeness (QED) is 0.603. The molecule has 6 nitrogen and oxygen atoms in total. The van der Waals surface area contributed by atoms with E-state index >= 15 is 0 Å². The molecule has 120 valence electrons. The number of rotatable bonds is 6. The normalized spacial score (nSPS) is 13.8. The van der Waals surface area contributed by atoms with Crippen molar-refractivity contribution in [3.63, 3.8) is 0 Å². The van der Waals surface area contributed by atoms with Gasteiger partial charge in [0.2, 0.25) is 0 Å². The number of nitro benzene ring substituents is 1. The molecule has 0 bridgehead atoms. The van der Waals surface area contributed by atoms with Gasteiger partial charge in [-0.25, -0.2) is 9.97 Å². The van der Waals surface area contributed by atoms with E-state index in [9.17, 15) is 10.1 Å². The highest BCUT2D eigenvalue weighted by Crippen LogP contribution is 2.33. The van der Waals surface area contributed by atoms with Crippen LogP contribution in [0.5, 0.6) is 0 Å². The molecule has 2 aromatic rings. The molecule has 23 heavy (non-hydrogen) atoms. The maximum atomic E-state index is 11.2. The van der Waals surface area contributed by atoms with E-state index in [2.05, 4.69) is 21.8 Å². The smallest absolute Gasteiger partial charge is 0.274 e. The molecule has 0 N–H and O–H groups in total. The zero-order valence-electron chi connectivity index (χ0n) is 13.4. The number of nitrogens with zero attached hydrogens (tertiary/aromatic N) is 4. The summed E-state index contributed by atoms with van der Waals surface area (Å²) in [5.41, 5.74) is 1.89. The Morgan fingerprint density at radius 3 is 2.70 bits per heavy atom. The summed E-state index contributed by atoms with van der Waals surface area (Å²) >= 11 is 0. The number of para-hydroxylation sites is 1. The fraction of sp³-hybridized carbons (Fsp3) is 0.412. The van der Waals surface area contributed by atoms with E-state index in [1.165, 1.54) is 0 Å². The second kappa shape index (κ2) is 6.32. The Morgan fingerprint density at radius 2 is 2.04 bits per heavy atom. The van der Waals surface area contributed by atoms with Crippen molar-refractivity contribution in [2.24, 2.45) is 0 Å². The molecule has 0 radical (unpaired) electrons. The minimum absolute atomic E-state index is 0.166. The highest BCUT2D eigenvalue weighted by atomic mass is 16.6. The molecule has 1 aromatic carbocycles. The minimum atomic E-state index is -0.316. The van der Waals surface area contributed by atoms with Crippen LogP contribution >= 0.6 is 0 Å². The van der Waals surface area contributed by atoms with Gasteiger partial charge in [0.05, 0.1) is 11.5 Å². The number of benzene rings is 1. The highest BCUT2D eigenvalue weighted by molar-refractivity contribution is 5.48. The summed E-state index contributed by atoms with van der Waals surface area (Å²) in [6.07, 6.45) is 3.05. The third kappa shape index (κ3) is 3.47. The van der Waals surface area contributed by atoms with Gasteiger partial charge in [-0.15, -0.1) is 0 Å². The first-order valence-electron chi connectivity index (χ1n) is 7.92. The molecule has 1 saturated carbocycles. The van der Waals surface area contributed by atoms with Crippen LogP contribution in [0.25, 0.3) is 0 Å². The van der Waals surface area contributed by atoms with Gasteiger partial charge >= 0.3 is 0 Å². The first-order chi connectivity index (χ1) is 11.1. The molecule has 1 aliphatic rings. The summed E-state index contributed by atoms with van der Waals surface area (Å²) in [7, 11) is 0. The molecule has 1 heterocycles. The van der Waals surface area contributed by atoms with Gasteiger partial charge in [-0.05, 0) is 26.2 Å². The van der Waals surface area contributed by atoms with Gasteiger partial charge in [-0.1, -0.05) is 25.1 Å². The Bertz CT molecular complexity index is 728. The summed E-state index contributed by atoms with van der Waals surface area (Å²) < 4.78 is 0. The monoisotopic (exact) mass is 312 g/mol. The lowest BCUT2D eigenvalue weighted by Crippen LogP contribution is -2.27. The fourth-order valence-electron chi connectivity index (χ4n) is 2.73. The molecule has 6 heteroatoms. The standard InChI is InChI=1S/C17H20N4O2/c1-3-14-10-17(19-12(2)18-14)20(15-8-9-15)11-13-6-4-5-7-16(13)21(22)23/h4-7,10,15H,3,8-9,11H2,1-2H3. The second-order valence-corrected chi connectivity index (χ2v) is 5.86. The van der Waals surface area contributed by atoms with Crippen molar-refractivity contribution < 1.29 is 4.92 Å². The third-order valence-electron chi connectivity index (χ3n) is 4.05. The third-order valence-corrected chi connectivity index (χ3v) is 4.05. The van der Waals surface area contributed by atoms with Crippen molar-refractivity contribution in [2.45, 2.75) is 45.7 Å². The van der Waals surface area contributed by atoms with Crippen LogP contribution in [0.3, 0.4) is 0 Å². The highest BCUT2D eigenvalue weighted by Gasteiger charge is 2.31. The van der Waals surface area contributed by atoms with Crippen molar-refractivity contribution in [3.05, 3.63) is 57.5 Å².